The van der Waals surface area contributed by atoms with E-state index in [0.717, 1.165) is 67.2 Å². The minimum Gasteiger partial charge on any atom is -0.399 e. The molecule has 0 radical (unpaired) electrons. The van der Waals surface area contributed by atoms with Gasteiger partial charge in [0.25, 0.3) is 0 Å². The summed E-state index contributed by atoms with van der Waals surface area (Å²) in [5.74, 6) is 0. The molecule has 8 bridgehead atoms. The van der Waals surface area contributed by atoms with Gasteiger partial charge >= 0.3 is 0 Å². The van der Waals surface area contributed by atoms with Crippen LogP contribution in [0.3, 0.4) is 0 Å². The first-order chi connectivity index (χ1) is 16.0. The van der Waals surface area contributed by atoms with Crippen LogP contribution >= 0.6 is 0 Å². The van der Waals surface area contributed by atoms with E-state index in [1.54, 1.807) is 0 Å². The van der Waals surface area contributed by atoms with E-state index in [4.69, 9.17) is 15.7 Å². The van der Waals surface area contributed by atoms with Gasteiger partial charge in [-0.05, 0) is 109 Å². The number of hydrogen-bond acceptors (Lipinski definition) is 3. The second kappa shape index (κ2) is 7.35. The van der Waals surface area contributed by atoms with Crippen LogP contribution in [0.15, 0.2) is 54.6 Å². The van der Waals surface area contributed by atoms with Crippen molar-refractivity contribution in [2.24, 2.45) is 0 Å². The minimum atomic E-state index is 0.782. The molecule has 4 aromatic rings. The van der Waals surface area contributed by atoms with Crippen LogP contribution in [0.1, 0.15) is 33.9 Å². The molecule has 0 fully saturated rings. The average Bonchev–Trinajstić information content (AvgIpc) is 3.53. The van der Waals surface area contributed by atoms with Gasteiger partial charge < -0.3 is 15.7 Å². The Labute approximate surface area is 191 Å². The molecular weight excluding hydrogens is 406 g/mol. The first-order valence-corrected chi connectivity index (χ1v) is 11.0. The van der Waals surface area contributed by atoms with E-state index in [0.29, 0.717) is 0 Å². The van der Waals surface area contributed by atoms with Gasteiger partial charge in [0.2, 0.25) is 0 Å². The summed E-state index contributed by atoms with van der Waals surface area (Å²) in [6.07, 6.45) is 8.09. The Kier molecular flexibility index (Phi) is 4.30. The number of nitrogens with one attached hydrogen (secondary N) is 2. The molecule has 0 spiro atoms. The summed E-state index contributed by atoms with van der Waals surface area (Å²) in [5, 5.41) is 0. The Bertz CT molecular complexity index is 1620. The monoisotopic (exact) mass is 429 g/mol. The third kappa shape index (κ3) is 3.64. The number of aromatic nitrogens is 4. The van der Waals surface area contributed by atoms with Crippen LogP contribution in [0.2, 0.25) is 0 Å². The molecule has 0 aliphatic carbocycles. The van der Waals surface area contributed by atoms with Crippen molar-refractivity contribution in [2.75, 3.05) is 5.73 Å². The second-order valence-corrected chi connectivity index (χ2v) is 8.62. The zero-order valence-electron chi connectivity index (χ0n) is 18.5. The quantitative estimate of drug-likeness (QED) is 0.260. The molecule has 3 aromatic heterocycles. The zero-order chi connectivity index (χ0) is 22.5. The van der Waals surface area contributed by atoms with Crippen LogP contribution in [0, 0.1) is 13.8 Å². The highest BCUT2D eigenvalue weighted by molar-refractivity contribution is 5.90. The van der Waals surface area contributed by atoms with Crippen molar-refractivity contribution in [3.8, 4) is 11.1 Å². The van der Waals surface area contributed by atoms with Gasteiger partial charge in [0.1, 0.15) is 0 Å². The summed E-state index contributed by atoms with van der Waals surface area (Å²) in [7, 11) is 0. The number of aryl methyl sites for hydroxylation is 2. The van der Waals surface area contributed by atoms with Crippen LogP contribution in [-0.2, 0) is 0 Å². The number of nitrogen functional groups attached to an aromatic ring is 1. The number of nitrogens with zero attached hydrogens (tertiary/aromatic N) is 2. The molecule has 4 N–H and O–H groups in total. The molecule has 0 saturated carbocycles. The van der Waals surface area contributed by atoms with Crippen LogP contribution in [0.4, 0.5) is 5.69 Å². The molecule has 2 aliphatic rings. The molecular formula is C28H23N5. The van der Waals surface area contributed by atoms with Crippen LogP contribution in [0.5, 0.6) is 0 Å². The van der Waals surface area contributed by atoms with Gasteiger partial charge in [0.05, 0.1) is 22.8 Å². The minimum absolute atomic E-state index is 0.782. The van der Waals surface area contributed by atoms with E-state index in [1.807, 2.05) is 48.6 Å². The Morgan fingerprint density at radius 1 is 0.606 bits per heavy atom. The lowest BCUT2D eigenvalue weighted by molar-refractivity contribution is 1.28. The highest BCUT2D eigenvalue weighted by Gasteiger charge is 2.12. The summed E-state index contributed by atoms with van der Waals surface area (Å²) >= 11 is 0. The predicted octanol–water partition coefficient (Wildman–Crippen LogP) is 6.52. The number of nitrogens with two attached hydrogens (primary N) is 1. The number of benzene rings is 1. The lowest BCUT2D eigenvalue weighted by Crippen LogP contribution is -1.92. The summed E-state index contributed by atoms with van der Waals surface area (Å²) in [5.41, 5.74) is 19.2. The van der Waals surface area contributed by atoms with Gasteiger partial charge in [-0.3, -0.25) is 0 Å². The average molecular weight is 430 g/mol. The summed E-state index contributed by atoms with van der Waals surface area (Å²) in [6.45, 7) is 4.21. The van der Waals surface area contributed by atoms with E-state index in [-0.39, 0.29) is 0 Å². The molecule has 5 heterocycles. The van der Waals surface area contributed by atoms with Gasteiger partial charge in [-0.15, -0.1) is 0 Å². The standard InChI is InChI=1S/C28H23N5/c1-16-9-18(29)10-17(2)28(16)26-14-25-13-23-6-5-21(31-23)11-19-3-4-20(30-19)12-22-7-8-24(32-22)15-27(26)33-25/h3-15,31,33H,29H2,1-2H3. The topological polar surface area (TPSA) is 83.4 Å². The summed E-state index contributed by atoms with van der Waals surface area (Å²) < 4.78 is 0. The zero-order valence-corrected chi connectivity index (χ0v) is 18.5. The number of fused-ring (bicyclic) bond motifs is 8. The van der Waals surface area contributed by atoms with Crippen molar-refractivity contribution in [3.05, 3.63) is 88.5 Å². The maximum Gasteiger partial charge on any atom is 0.0659 e. The maximum atomic E-state index is 6.09. The molecule has 6 rings (SSSR count). The van der Waals surface area contributed by atoms with E-state index in [1.165, 1.54) is 5.56 Å². The highest BCUT2D eigenvalue weighted by Crippen LogP contribution is 2.34. The van der Waals surface area contributed by atoms with Crippen molar-refractivity contribution in [2.45, 2.75) is 13.8 Å². The lowest BCUT2D eigenvalue weighted by Gasteiger charge is -2.10. The SMILES string of the molecule is Cc1cc(N)cc(C)c1-c1cc2cc3ccc(cc4nc(cc5nc(cc1[nH]2)C=C5)C=C4)[nH]3. The summed E-state index contributed by atoms with van der Waals surface area (Å²) in [6, 6.07) is 18.7. The molecule has 5 nitrogen and oxygen atoms in total. The van der Waals surface area contributed by atoms with Crippen molar-refractivity contribution in [3.63, 3.8) is 0 Å². The van der Waals surface area contributed by atoms with Gasteiger partial charge in [-0.1, -0.05) is 0 Å². The molecule has 1 aromatic carbocycles. The Balaban J connectivity index is 1.69. The van der Waals surface area contributed by atoms with Crippen molar-refractivity contribution in [1.82, 2.24) is 19.9 Å². The number of hydrogen-bond donors (Lipinski definition) is 3. The van der Waals surface area contributed by atoms with Crippen LogP contribution < -0.4 is 5.73 Å². The third-order valence-corrected chi connectivity index (χ3v) is 5.99. The van der Waals surface area contributed by atoms with E-state index in [2.05, 4.69) is 54.1 Å². The van der Waals surface area contributed by atoms with Crippen molar-refractivity contribution < 1.29 is 0 Å². The Morgan fingerprint density at radius 3 is 1.85 bits per heavy atom. The Morgan fingerprint density at radius 2 is 1.18 bits per heavy atom. The van der Waals surface area contributed by atoms with E-state index >= 15 is 0 Å². The van der Waals surface area contributed by atoms with Gasteiger partial charge in [0.15, 0.2) is 0 Å². The molecule has 0 unspecified atom stereocenters. The first-order valence-electron chi connectivity index (χ1n) is 11.0. The van der Waals surface area contributed by atoms with Crippen LogP contribution in [-0.4, -0.2) is 19.9 Å². The fourth-order valence-electron chi connectivity index (χ4n) is 4.65. The fourth-order valence-corrected chi connectivity index (χ4v) is 4.65. The molecule has 5 heteroatoms. The van der Waals surface area contributed by atoms with Crippen molar-refractivity contribution in [1.29, 1.82) is 0 Å². The molecule has 0 saturated heterocycles. The first kappa shape index (κ1) is 19.3. The molecule has 2 aliphatic heterocycles. The molecule has 160 valence electrons. The molecule has 33 heavy (non-hydrogen) atoms. The van der Waals surface area contributed by atoms with E-state index < -0.39 is 0 Å². The second-order valence-electron chi connectivity index (χ2n) is 8.62. The van der Waals surface area contributed by atoms with Crippen LogP contribution in [0.25, 0.3) is 57.5 Å². The largest absolute Gasteiger partial charge is 0.399 e. The fraction of sp³-hybridized carbons (Fsp3) is 0.0714. The van der Waals surface area contributed by atoms with Gasteiger partial charge in [-0.25, -0.2) is 9.97 Å². The Hall–Kier alpha value is -4.38. The van der Waals surface area contributed by atoms with Crippen molar-refractivity contribution >= 4 is 52.1 Å². The number of rotatable bonds is 1. The normalized spacial score (nSPS) is 12.4. The van der Waals surface area contributed by atoms with Gasteiger partial charge in [0, 0.05) is 33.3 Å². The van der Waals surface area contributed by atoms with E-state index in [9.17, 15) is 0 Å². The summed E-state index contributed by atoms with van der Waals surface area (Å²) in [4.78, 5) is 16.5. The smallest absolute Gasteiger partial charge is 0.0659 e. The van der Waals surface area contributed by atoms with Gasteiger partial charge in [-0.2, -0.15) is 0 Å². The molecule has 0 amide bonds. The number of aromatic amines is 2. The lowest BCUT2D eigenvalue weighted by atomic mass is 9.95. The maximum absolute atomic E-state index is 6.09. The number of H-pyrrole nitrogens is 2. The predicted molar refractivity (Wildman–Crippen MR) is 138 cm³/mol. The molecule has 0 atom stereocenters. The highest BCUT2D eigenvalue weighted by atomic mass is 14.8. The third-order valence-electron chi connectivity index (χ3n) is 5.99. The number of anilines is 1.